The standard InChI is InChI=1S/C6H3BrN2OS/c7-4-1-3-5(10)8-2-9-6(3)11-4/h1-2H,(H,8,9,10). The van der Waals surface area contributed by atoms with Crippen LogP contribution in [-0.4, -0.2) is 9.97 Å². The topological polar surface area (TPSA) is 45.8 Å². The molecule has 0 unspecified atom stereocenters. The predicted molar refractivity (Wildman–Crippen MR) is 47.9 cm³/mol. The number of thiophene rings is 1. The van der Waals surface area contributed by atoms with E-state index in [1.165, 1.54) is 17.7 Å². The van der Waals surface area contributed by atoms with E-state index in [2.05, 4.69) is 25.9 Å². The number of hydrogen-bond acceptors (Lipinski definition) is 3. The molecule has 56 valence electrons. The van der Waals surface area contributed by atoms with E-state index < -0.39 is 0 Å². The molecule has 0 atom stereocenters. The lowest BCUT2D eigenvalue weighted by molar-refractivity contribution is 1.18. The first kappa shape index (κ1) is 7.00. The Kier molecular flexibility index (Phi) is 1.54. The van der Waals surface area contributed by atoms with Crippen molar-refractivity contribution in [1.29, 1.82) is 0 Å². The maximum atomic E-state index is 11.1. The lowest BCUT2D eigenvalue weighted by Crippen LogP contribution is -2.03. The van der Waals surface area contributed by atoms with Gasteiger partial charge in [-0.25, -0.2) is 4.98 Å². The third-order valence-corrected chi connectivity index (χ3v) is 2.85. The van der Waals surface area contributed by atoms with Gasteiger partial charge in [0.2, 0.25) is 0 Å². The Labute approximate surface area is 74.2 Å². The van der Waals surface area contributed by atoms with E-state index in [1.807, 2.05) is 0 Å². The van der Waals surface area contributed by atoms with Gasteiger partial charge in [0.05, 0.1) is 15.5 Å². The second-order valence-corrected chi connectivity index (χ2v) is 4.41. The van der Waals surface area contributed by atoms with Crippen LogP contribution in [0.5, 0.6) is 0 Å². The first-order chi connectivity index (χ1) is 5.27. The van der Waals surface area contributed by atoms with Crippen molar-refractivity contribution < 1.29 is 0 Å². The van der Waals surface area contributed by atoms with Crippen molar-refractivity contribution in [3.05, 3.63) is 26.5 Å². The zero-order valence-corrected chi connectivity index (χ0v) is 7.70. The zero-order valence-electron chi connectivity index (χ0n) is 5.30. The maximum absolute atomic E-state index is 11.1. The van der Waals surface area contributed by atoms with E-state index in [0.717, 1.165) is 8.62 Å². The van der Waals surface area contributed by atoms with Crippen LogP contribution >= 0.6 is 27.3 Å². The monoisotopic (exact) mass is 230 g/mol. The molecule has 0 aliphatic heterocycles. The van der Waals surface area contributed by atoms with Gasteiger partial charge in [0.1, 0.15) is 4.83 Å². The van der Waals surface area contributed by atoms with Crippen molar-refractivity contribution in [3.8, 4) is 0 Å². The van der Waals surface area contributed by atoms with Crippen LogP contribution in [0.1, 0.15) is 0 Å². The number of nitrogens with zero attached hydrogens (tertiary/aromatic N) is 1. The lowest BCUT2D eigenvalue weighted by Gasteiger charge is -1.82. The SMILES string of the molecule is O=c1[nH]cnc2sc(Br)cc12. The third-order valence-electron chi connectivity index (χ3n) is 1.30. The maximum Gasteiger partial charge on any atom is 0.259 e. The van der Waals surface area contributed by atoms with Crippen LogP contribution in [0.4, 0.5) is 0 Å². The van der Waals surface area contributed by atoms with Crippen LogP contribution in [0.15, 0.2) is 21.0 Å². The molecule has 0 radical (unpaired) electrons. The number of fused-ring (bicyclic) bond motifs is 1. The van der Waals surface area contributed by atoms with Gasteiger partial charge in [-0.05, 0) is 22.0 Å². The normalized spacial score (nSPS) is 10.6. The van der Waals surface area contributed by atoms with Crippen LogP contribution in [0.25, 0.3) is 10.2 Å². The van der Waals surface area contributed by atoms with Gasteiger partial charge in [0.15, 0.2) is 0 Å². The highest BCUT2D eigenvalue weighted by Gasteiger charge is 2.02. The van der Waals surface area contributed by atoms with Gasteiger partial charge >= 0.3 is 0 Å². The number of rotatable bonds is 0. The summed E-state index contributed by atoms with van der Waals surface area (Å²) in [4.78, 5) is 18.3. The Bertz CT molecular complexity index is 447. The second kappa shape index (κ2) is 2.42. The number of hydrogen-bond donors (Lipinski definition) is 1. The molecule has 2 rings (SSSR count). The van der Waals surface area contributed by atoms with E-state index >= 15 is 0 Å². The Morgan fingerprint density at radius 1 is 1.64 bits per heavy atom. The molecule has 3 nitrogen and oxygen atoms in total. The number of nitrogens with one attached hydrogen (secondary N) is 1. The Morgan fingerprint density at radius 3 is 3.18 bits per heavy atom. The predicted octanol–water partition coefficient (Wildman–Crippen LogP) is 1.75. The van der Waals surface area contributed by atoms with Crippen molar-refractivity contribution in [2.75, 3.05) is 0 Å². The van der Waals surface area contributed by atoms with Crippen LogP contribution in [-0.2, 0) is 0 Å². The first-order valence-electron chi connectivity index (χ1n) is 2.90. The minimum absolute atomic E-state index is 0.0862. The van der Waals surface area contributed by atoms with Crippen molar-refractivity contribution in [3.63, 3.8) is 0 Å². The molecule has 0 amide bonds. The summed E-state index contributed by atoms with van der Waals surface area (Å²) in [7, 11) is 0. The lowest BCUT2D eigenvalue weighted by atomic mass is 10.4. The van der Waals surface area contributed by atoms with Crippen LogP contribution in [0.3, 0.4) is 0 Å². The molecule has 5 heteroatoms. The highest BCUT2D eigenvalue weighted by molar-refractivity contribution is 9.11. The molecule has 0 saturated heterocycles. The molecule has 0 aromatic carbocycles. The molecular formula is C6H3BrN2OS. The highest BCUT2D eigenvalue weighted by atomic mass is 79.9. The Balaban J connectivity index is 3.02. The summed E-state index contributed by atoms with van der Waals surface area (Å²) in [6.45, 7) is 0. The van der Waals surface area contributed by atoms with Crippen molar-refractivity contribution in [1.82, 2.24) is 9.97 Å². The summed E-state index contributed by atoms with van der Waals surface area (Å²) in [6, 6.07) is 1.77. The van der Waals surface area contributed by atoms with Crippen LogP contribution in [0, 0.1) is 0 Å². The van der Waals surface area contributed by atoms with E-state index in [1.54, 1.807) is 6.07 Å². The molecule has 0 aliphatic rings. The fourth-order valence-electron chi connectivity index (χ4n) is 0.838. The molecule has 0 fully saturated rings. The molecule has 2 aromatic heterocycles. The summed E-state index contributed by atoms with van der Waals surface area (Å²) >= 11 is 4.74. The van der Waals surface area contributed by atoms with E-state index in [4.69, 9.17) is 0 Å². The summed E-state index contributed by atoms with van der Waals surface area (Å²) < 4.78 is 0.928. The quantitative estimate of drug-likeness (QED) is 0.750. The average molecular weight is 231 g/mol. The number of halogens is 1. The van der Waals surface area contributed by atoms with Gasteiger partial charge in [0, 0.05) is 0 Å². The fraction of sp³-hybridized carbons (Fsp3) is 0. The smallest absolute Gasteiger partial charge is 0.259 e. The largest absolute Gasteiger partial charge is 0.313 e. The second-order valence-electron chi connectivity index (χ2n) is 2.00. The minimum Gasteiger partial charge on any atom is -0.313 e. The fourth-order valence-corrected chi connectivity index (χ4v) is 2.26. The van der Waals surface area contributed by atoms with E-state index in [0.29, 0.717) is 5.39 Å². The molecule has 0 saturated carbocycles. The molecule has 0 bridgehead atoms. The van der Waals surface area contributed by atoms with Gasteiger partial charge < -0.3 is 4.98 Å². The number of H-pyrrole nitrogens is 1. The van der Waals surface area contributed by atoms with Gasteiger partial charge in [-0.3, -0.25) is 4.79 Å². The van der Waals surface area contributed by atoms with E-state index in [9.17, 15) is 4.79 Å². The minimum atomic E-state index is -0.0862. The number of aromatic nitrogens is 2. The van der Waals surface area contributed by atoms with Gasteiger partial charge in [-0.15, -0.1) is 11.3 Å². The first-order valence-corrected chi connectivity index (χ1v) is 4.51. The third kappa shape index (κ3) is 1.10. The van der Waals surface area contributed by atoms with Crippen LogP contribution in [0.2, 0.25) is 0 Å². The average Bonchev–Trinajstić information content (AvgIpc) is 2.31. The summed E-state index contributed by atoms with van der Waals surface area (Å²) in [5.74, 6) is 0. The molecule has 2 aromatic rings. The molecule has 0 aliphatic carbocycles. The Morgan fingerprint density at radius 2 is 2.45 bits per heavy atom. The molecule has 1 N–H and O–H groups in total. The molecule has 2 heterocycles. The highest BCUT2D eigenvalue weighted by Crippen LogP contribution is 2.24. The molecular weight excluding hydrogens is 228 g/mol. The summed E-state index contributed by atoms with van der Waals surface area (Å²) in [5, 5.41) is 0.643. The number of aromatic amines is 1. The van der Waals surface area contributed by atoms with Gasteiger partial charge in [0.25, 0.3) is 5.56 Å². The molecule has 0 spiro atoms. The van der Waals surface area contributed by atoms with E-state index in [-0.39, 0.29) is 5.56 Å². The van der Waals surface area contributed by atoms with Crippen molar-refractivity contribution in [2.45, 2.75) is 0 Å². The van der Waals surface area contributed by atoms with Crippen LogP contribution < -0.4 is 5.56 Å². The molecule has 11 heavy (non-hydrogen) atoms. The van der Waals surface area contributed by atoms with Crippen molar-refractivity contribution >= 4 is 37.5 Å². The van der Waals surface area contributed by atoms with Gasteiger partial charge in [-0.2, -0.15) is 0 Å². The zero-order chi connectivity index (χ0) is 7.84. The van der Waals surface area contributed by atoms with Crippen molar-refractivity contribution in [2.24, 2.45) is 0 Å². The van der Waals surface area contributed by atoms with Gasteiger partial charge in [-0.1, -0.05) is 0 Å². The summed E-state index contributed by atoms with van der Waals surface area (Å²) in [5.41, 5.74) is -0.0862. The Hall–Kier alpha value is -0.680. The summed E-state index contributed by atoms with van der Waals surface area (Å²) in [6.07, 6.45) is 1.41.